The van der Waals surface area contributed by atoms with Gasteiger partial charge < -0.3 is 15.3 Å². The molecular formula is C18H20ClN5OS. The molecule has 1 aromatic carbocycles. The number of benzene rings is 1. The molecule has 3 aromatic rings. The highest BCUT2D eigenvalue weighted by molar-refractivity contribution is 7.21. The zero-order chi connectivity index (χ0) is 18.3. The lowest BCUT2D eigenvalue weighted by Gasteiger charge is -2.21. The first-order chi connectivity index (χ1) is 12.5. The zero-order valence-corrected chi connectivity index (χ0v) is 16.2. The third-order valence-corrected chi connectivity index (χ3v) is 5.89. The van der Waals surface area contributed by atoms with Gasteiger partial charge in [0.2, 0.25) is 5.95 Å². The number of anilines is 2. The van der Waals surface area contributed by atoms with Gasteiger partial charge in [0, 0.05) is 14.1 Å². The largest absolute Gasteiger partial charge is 0.391 e. The molecule has 0 spiro atoms. The number of fused-ring (bicyclic) bond motifs is 1. The van der Waals surface area contributed by atoms with E-state index in [1.165, 1.54) is 0 Å². The molecule has 2 aromatic heterocycles. The van der Waals surface area contributed by atoms with Gasteiger partial charge >= 0.3 is 0 Å². The van der Waals surface area contributed by atoms with Crippen LogP contribution in [0.15, 0.2) is 24.3 Å². The highest BCUT2D eigenvalue weighted by Gasteiger charge is 2.28. The molecule has 2 unspecified atom stereocenters. The van der Waals surface area contributed by atoms with Gasteiger partial charge in [0.05, 0.1) is 27.9 Å². The Morgan fingerprint density at radius 1 is 1.19 bits per heavy atom. The van der Waals surface area contributed by atoms with Crippen LogP contribution in [0.4, 0.5) is 11.8 Å². The standard InChI is InChI=1S/C18H20ClN5OS/c1-24(2)18-22-15(19)14(16(23-18)20-10-7-5-8-12(10)25)17-21-11-6-3-4-9-13(11)26-17/h3-4,6,9-10,12,25H,5,7-8H2,1-2H3,(H,20,22,23). The summed E-state index contributed by atoms with van der Waals surface area (Å²) in [5.41, 5.74) is 1.62. The van der Waals surface area contributed by atoms with Crippen LogP contribution in [0, 0.1) is 0 Å². The minimum atomic E-state index is -0.380. The van der Waals surface area contributed by atoms with E-state index in [1.807, 2.05) is 43.3 Å². The van der Waals surface area contributed by atoms with Crippen LogP contribution < -0.4 is 10.2 Å². The summed E-state index contributed by atoms with van der Waals surface area (Å²) in [6.45, 7) is 0. The average molecular weight is 390 g/mol. The van der Waals surface area contributed by atoms with Gasteiger partial charge in [-0.2, -0.15) is 4.98 Å². The van der Waals surface area contributed by atoms with E-state index in [-0.39, 0.29) is 12.1 Å². The van der Waals surface area contributed by atoms with Gasteiger partial charge in [0.15, 0.2) is 0 Å². The van der Waals surface area contributed by atoms with Crippen molar-refractivity contribution in [3.05, 3.63) is 29.4 Å². The van der Waals surface area contributed by atoms with Crippen LogP contribution in [-0.2, 0) is 0 Å². The van der Waals surface area contributed by atoms with Crippen molar-refractivity contribution >= 4 is 44.9 Å². The smallest absolute Gasteiger partial charge is 0.228 e. The summed E-state index contributed by atoms with van der Waals surface area (Å²) in [4.78, 5) is 15.6. The molecule has 1 aliphatic rings. The number of nitrogens with zero attached hydrogens (tertiary/aromatic N) is 4. The van der Waals surface area contributed by atoms with E-state index in [9.17, 15) is 5.11 Å². The number of halogens is 1. The Morgan fingerprint density at radius 2 is 2.00 bits per heavy atom. The third-order valence-electron chi connectivity index (χ3n) is 4.56. The quantitative estimate of drug-likeness (QED) is 0.661. The summed E-state index contributed by atoms with van der Waals surface area (Å²) in [6, 6.07) is 7.93. The monoisotopic (exact) mass is 389 g/mol. The summed E-state index contributed by atoms with van der Waals surface area (Å²) < 4.78 is 1.09. The number of hydrogen-bond acceptors (Lipinski definition) is 7. The minimum Gasteiger partial charge on any atom is -0.391 e. The van der Waals surface area contributed by atoms with E-state index in [2.05, 4.69) is 15.3 Å². The van der Waals surface area contributed by atoms with Crippen molar-refractivity contribution in [1.82, 2.24) is 15.0 Å². The van der Waals surface area contributed by atoms with Crippen molar-refractivity contribution in [2.75, 3.05) is 24.3 Å². The normalized spacial score (nSPS) is 19.8. The molecule has 136 valence electrons. The first-order valence-corrected chi connectivity index (χ1v) is 9.78. The van der Waals surface area contributed by atoms with Gasteiger partial charge in [0.25, 0.3) is 0 Å². The van der Waals surface area contributed by atoms with Crippen molar-refractivity contribution in [3.8, 4) is 10.6 Å². The lowest BCUT2D eigenvalue weighted by atomic mass is 10.2. The molecule has 8 heteroatoms. The molecule has 1 fully saturated rings. The Hall–Kier alpha value is -1.96. The SMILES string of the molecule is CN(C)c1nc(Cl)c(-c2nc3ccccc3s2)c(NC2CCCC2O)n1. The molecule has 2 heterocycles. The summed E-state index contributed by atoms with van der Waals surface area (Å²) in [7, 11) is 3.74. The fourth-order valence-electron chi connectivity index (χ4n) is 3.18. The van der Waals surface area contributed by atoms with Crippen LogP contribution in [0.2, 0.25) is 5.15 Å². The second kappa shape index (κ2) is 6.98. The fraction of sp³-hybridized carbons (Fsp3) is 0.389. The molecule has 0 amide bonds. The summed E-state index contributed by atoms with van der Waals surface area (Å²) in [6.07, 6.45) is 2.32. The minimum absolute atomic E-state index is 0.0379. The van der Waals surface area contributed by atoms with Crippen molar-refractivity contribution in [2.45, 2.75) is 31.4 Å². The van der Waals surface area contributed by atoms with E-state index in [1.54, 1.807) is 11.3 Å². The fourth-order valence-corrected chi connectivity index (χ4v) is 4.50. The number of nitrogens with one attached hydrogen (secondary N) is 1. The summed E-state index contributed by atoms with van der Waals surface area (Å²) >= 11 is 8.11. The first kappa shape index (κ1) is 17.5. The topological polar surface area (TPSA) is 74.2 Å². The van der Waals surface area contributed by atoms with Crippen LogP contribution in [0.5, 0.6) is 0 Å². The third kappa shape index (κ3) is 3.22. The molecule has 0 aliphatic heterocycles. The van der Waals surface area contributed by atoms with Crippen molar-refractivity contribution in [1.29, 1.82) is 0 Å². The molecule has 6 nitrogen and oxygen atoms in total. The zero-order valence-electron chi connectivity index (χ0n) is 14.6. The Kier molecular flexibility index (Phi) is 4.69. The molecule has 0 bridgehead atoms. The number of thiazole rings is 1. The predicted octanol–water partition coefficient (Wildman–Crippen LogP) is 3.80. The van der Waals surface area contributed by atoms with E-state index >= 15 is 0 Å². The second-order valence-electron chi connectivity index (χ2n) is 6.67. The molecule has 2 N–H and O–H groups in total. The molecule has 1 aliphatic carbocycles. The van der Waals surface area contributed by atoms with Gasteiger partial charge in [-0.25, -0.2) is 9.97 Å². The van der Waals surface area contributed by atoms with Crippen LogP contribution >= 0.6 is 22.9 Å². The van der Waals surface area contributed by atoms with Crippen molar-refractivity contribution in [2.24, 2.45) is 0 Å². The Morgan fingerprint density at radius 3 is 2.69 bits per heavy atom. The second-order valence-corrected chi connectivity index (χ2v) is 8.06. The van der Waals surface area contributed by atoms with E-state index in [0.29, 0.717) is 22.5 Å². The average Bonchev–Trinajstić information content (AvgIpc) is 3.20. The number of para-hydroxylation sites is 1. The first-order valence-electron chi connectivity index (χ1n) is 8.58. The van der Waals surface area contributed by atoms with E-state index in [4.69, 9.17) is 16.6 Å². The predicted molar refractivity (Wildman–Crippen MR) is 107 cm³/mol. The summed E-state index contributed by atoms with van der Waals surface area (Å²) in [5, 5.41) is 14.7. The van der Waals surface area contributed by atoms with Gasteiger partial charge in [0.1, 0.15) is 16.0 Å². The van der Waals surface area contributed by atoms with Crippen LogP contribution in [0.25, 0.3) is 20.8 Å². The highest BCUT2D eigenvalue weighted by atomic mass is 35.5. The number of rotatable bonds is 4. The molecule has 1 saturated carbocycles. The Balaban J connectivity index is 1.83. The van der Waals surface area contributed by atoms with Crippen molar-refractivity contribution in [3.63, 3.8) is 0 Å². The molecule has 4 rings (SSSR count). The van der Waals surface area contributed by atoms with E-state index in [0.717, 1.165) is 34.5 Å². The molecule has 0 radical (unpaired) electrons. The van der Waals surface area contributed by atoms with Gasteiger partial charge in [-0.15, -0.1) is 11.3 Å². The maximum Gasteiger partial charge on any atom is 0.228 e. The van der Waals surface area contributed by atoms with Gasteiger partial charge in [-0.05, 0) is 31.4 Å². The van der Waals surface area contributed by atoms with Crippen LogP contribution in [0.3, 0.4) is 0 Å². The summed E-state index contributed by atoms with van der Waals surface area (Å²) in [5.74, 6) is 1.15. The number of aliphatic hydroxyl groups excluding tert-OH is 1. The van der Waals surface area contributed by atoms with Gasteiger partial charge in [-0.3, -0.25) is 0 Å². The number of aromatic nitrogens is 3. The molecule has 2 atom stereocenters. The Labute approximate surface area is 160 Å². The van der Waals surface area contributed by atoms with E-state index < -0.39 is 0 Å². The Bertz CT molecular complexity index is 911. The lowest BCUT2D eigenvalue weighted by Crippen LogP contribution is -2.29. The van der Waals surface area contributed by atoms with Gasteiger partial charge in [-0.1, -0.05) is 23.7 Å². The highest BCUT2D eigenvalue weighted by Crippen LogP contribution is 2.39. The molecule has 0 saturated heterocycles. The van der Waals surface area contributed by atoms with Crippen LogP contribution in [0.1, 0.15) is 19.3 Å². The molecule has 26 heavy (non-hydrogen) atoms. The lowest BCUT2D eigenvalue weighted by molar-refractivity contribution is 0.171. The van der Waals surface area contributed by atoms with Crippen LogP contribution in [-0.4, -0.2) is 46.3 Å². The van der Waals surface area contributed by atoms with Crippen molar-refractivity contribution < 1.29 is 5.11 Å². The maximum atomic E-state index is 10.2. The number of hydrogen-bond donors (Lipinski definition) is 2. The molecular weight excluding hydrogens is 370 g/mol. The number of aliphatic hydroxyl groups is 1. The maximum absolute atomic E-state index is 10.2.